The zero-order valence-electron chi connectivity index (χ0n) is 8.09. The van der Waals surface area contributed by atoms with Crippen LogP contribution in [0.5, 0.6) is 5.75 Å². The Hall–Kier alpha value is -0.740. The number of nitrogens with two attached hydrogens (primary N) is 1. The molecule has 0 aromatic heterocycles. The Morgan fingerprint density at radius 3 is 2.93 bits per heavy atom. The third-order valence-corrected chi connectivity index (χ3v) is 2.55. The fourth-order valence-electron chi connectivity index (χ4n) is 1.03. The van der Waals surface area contributed by atoms with Gasteiger partial charge in [-0.3, -0.25) is 5.41 Å². The van der Waals surface area contributed by atoms with Crippen molar-refractivity contribution in [3.05, 3.63) is 27.7 Å². The van der Waals surface area contributed by atoms with Crippen molar-refractivity contribution >= 4 is 33.4 Å². The molecule has 3 N–H and O–H groups in total. The van der Waals surface area contributed by atoms with E-state index in [1.54, 1.807) is 6.07 Å². The van der Waals surface area contributed by atoms with Crippen molar-refractivity contribution in [3.8, 4) is 5.75 Å². The molecule has 0 amide bonds. The van der Waals surface area contributed by atoms with Crippen LogP contribution in [0.15, 0.2) is 22.7 Å². The molecule has 15 heavy (non-hydrogen) atoms. The monoisotopic (exact) mass is 290 g/mol. The fraction of sp³-hybridized carbons (Fsp3) is 0.300. The van der Waals surface area contributed by atoms with Crippen LogP contribution >= 0.6 is 27.5 Å². The molecule has 5 heteroatoms. The van der Waals surface area contributed by atoms with Crippen molar-refractivity contribution < 1.29 is 4.74 Å². The summed E-state index contributed by atoms with van der Waals surface area (Å²) in [5.41, 5.74) is 5.22. The summed E-state index contributed by atoms with van der Waals surface area (Å²) >= 11 is 9.26. The molecule has 0 heterocycles. The van der Waals surface area contributed by atoms with Gasteiger partial charge in [0.25, 0.3) is 0 Å². The minimum atomic E-state index is 0.180. The van der Waals surface area contributed by atoms with Gasteiger partial charge in [0.2, 0.25) is 0 Å². The average Bonchev–Trinajstić information content (AvgIpc) is 2.17. The Balaban J connectivity index is 2.43. The van der Waals surface area contributed by atoms with E-state index in [1.807, 2.05) is 12.1 Å². The Labute approximate surface area is 102 Å². The molecule has 0 saturated heterocycles. The Morgan fingerprint density at radius 1 is 1.53 bits per heavy atom. The number of hydrogen-bond donors (Lipinski definition) is 2. The zero-order chi connectivity index (χ0) is 11.3. The van der Waals surface area contributed by atoms with E-state index >= 15 is 0 Å². The largest absolute Gasteiger partial charge is 0.492 e. The second-order valence-electron chi connectivity index (χ2n) is 3.05. The van der Waals surface area contributed by atoms with Crippen molar-refractivity contribution in [2.75, 3.05) is 6.61 Å². The summed E-state index contributed by atoms with van der Waals surface area (Å²) in [6.07, 6.45) is 1.27. The van der Waals surface area contributed by atoms with Crippen molar-refractivity contribution in [1.29, 1.82) is 5.41 Å². The van der Waals surface area contributed by atoms with Gasteiger partial charge in [0, 0.05) is 10.9 Å². The second kappa shape index (κ2) is 5.98. The average molecular weight is 292 g/mol. The highest BCUT2D eigenvalue weighted by atomic mass is 79.9. The number of benzene rings is 1. The van der Waals surface area contributed by atoms with E-state index in [-0.39, 0.29) is 5.84 Å². The summed E-state index contributed by atoms with van der Waals surface area (Å²) in [4.78, 5) is 0. The molecule has 1 rings (SSSR count). The quantitative estimate of drug-likeness (QED) is 0.497. The first-order valence-corrected chi connectivity index (χ1v) is 5.67. The van der Waals surface area contributed by atoms with Crippen molar-refractivity contribution in [1.82, 2.24) is 0 Å². The molecule has 0 aliphatic heterocycles. The number of rotatable bonds is 5. The van der Waals surface area contributed by atoms with E-state index in [9.17, 15) is 0 Å². The minimum Gasteiger partial charge on any atom is -0.492 e. The molecule has 0 saturated carbocycles. The van der Waals surface area contributed by atoms with Crippen molar-refractivity contribution in [3.63, 3.8) is 0 Å². The number of nitrogens with one attached hydrogen (secondary N) is 1. The van der Waals surface area contributed by atoms with Crippen LogP contribution in [-0.4, -0.2) is 12.4 Å². The van der Waals surface area contributed by atoms with Gasteiger partial charge in [0.05, 0.1) is 17.5 Å². The molecule has 0 fully saturated rings. The highest BCUT2D eigenvalue weighted by Gasteiger charge is 2.01. The van der Waals surface area contributed by atoms with Crippen molar-refractivity contribution in [2.45, 2.75) is 12.8 Å². The summed E-state index contributed by atoms with van der Waals surface area (Å²) in [5, 5.41) is 7.63. The van der Waals surface area contributed by atoms with E-state index in [0.29, 0.717) is 23.8 Å². The first-order chi connectivity index (χ1) is 7.09. The van der Waals surface area contributed by atoms with Crippen LogP contribution in [0.2, 0.25) is 5.02 Å². The molecule has 0 spiro atoms. The number of halogens is 2. The number of ether oxygens (including phenoxy) is 1. The standard InChI is InChI=1S/C10H12BrClN2O/c11-7-3-4-8(12)9(6-7)15-5-1-2-10(13)14/h3-4,6H,1-2,5H2,(H3,13,14). The van der Waals surface area contributed by atoms with Gasteiger partial charge in [-0.05, 0) is 24.6 Å². The van der Waals surface area contributed by atoms with Crippen LogP contribution < -0.4 is 10.5 Å². The smallest absolute Gasteiger partial charge is 0.139 e. The SMILES string of the molecule is N=C(N)CCCOc1cc(Br)ccc1Cl. The molecule has 3 nitrogen and oxygen atoms in total. The predicted octanol–water partition coefficient (Wildman–Crippen LogP) is 3.20. The van der Waals surface area contributed by atoms with Gasteiger partial charge < -0.3 is 10.5 Å². The van der Waals surface area contributed by atoms with Gasteiger partial charge in [0.1, 0.15) is 5.75 Å². The van der Waals surface area contributed by atoms with Gasteiger partial charge in [0.15, 0.2) is 0 Å². The fourth-order valence-corrected chi connectivity index (χ4v) is 1.54. The predicted molar refractivity (Wildman–Crippen MR) is 65.8 cm³/mol. The Bertz CT molecular complexity index is 357. The lowest BCUT2D eigenvalue weighted by Gasteiger charge is -2.07. The van der Waals surface area contributed by atoms with Crippen LogP contribution in [0.3, 0.4) is 0 Å². The highest BCUT2D eigenvalue weighted by molar-refractivity contribution is 9.10. The van der Waals surface area contributed by atoms with E-state index in [4.69, 9.17) is 27.5 Å². The molecule has 0 radical (unpaired) electrons. The third kappa shape index (κ3) is 4.53. The maximum absolute atomic E-state index is 7.04. The topological polar surface area (TPSA) is 59.1 Å². The highest BCUT2D eigenvalue weighted by Crippen LogP contribution is 2.27. The van der Waals surface area contributed by atoms with E-state index in [0.717, 1.165) is 10.9 Å². The molecular weight excluding hydrogens is 279 g/mol. The van der Waals surface area contributed by atoms with Gasteiger partial charge in [-0.15, -0.1) is 0 Å². The lowest BCUT2D eigenvalue weighted by molar-refractivity contribution is 0.313. The number of hydrogen-bond acceptors (Lipinski definition) is 2. The van der Waals surface area contributed by atoms with Gasteiger partial charge in [-0.1, -0.05) is 27.5 Å². The van der Waals surface area contributed by atoms with E-state index < -0.39 is 0 Å². The summed E-state index contributed by atoms with van der Waals surface area (Å²) in [5.74, 6) is 0.827. The van der Waals surface area contributed by atoms with Crippen molar-refractivity contribution in [2.24, 2.45) is 5.73 Å². The molecule has 0 atom stereocenters. The number of amidine groups is 1. The van der Waals surface area contributed by atoms with Crippen LogP contribution in [0, 0.1) is 5.41 Å². The lowest BCUT2D eigenvalue weighted by atomic mass is 10.3. The maximum Gasteiger partial charge on any atom is 0.139 e. The van der Waals surface area contributed by atoms with Crippen LogP contribution in [0.4, 0.5) is 0 Å². The van der Waals surface area contributed by atoms with E-state index in [2.05, 4.69) is 15.9 Å². The van der Waals surface area contributed by atoms with Gasteiger partial charge >= 0.3 is 0 Å². The molecule has 0 unspecified atom stereocenters. The third-order valence-electron chi connectivity index (χ3n) is 1.74. The lowest BCUT2D eigenvalue weighted by Crippen LogP contribution is -2.11. The van der Waals surface area contributed by atoms with Crippen LogP contribution in [0.1, 0.15) is 12.8 Å². The maximum atomic E-state index is 7.04. The zero-order valence-corrected chi connectivity index (χ0v) is 10.4. The van der Waals surface area contributed by atoms with Crippen LogP contribution in [-0.2, 0) is 0 Å². The first-order valence-electron chi connectivity index (χ1n) is 4.50. The van der Waals surface area contributed by atoms with Gasteiger partial charge in [-0.25, -0.2) is 0 Å². The second-order valence-corrected chi connectivity index (χ2v) is 4.37. The molecule has 1 aromatic rings. The molecule has 1 aromatic carbocycles. The minimum absolute atomic E-state index is 0.180. The molecule has 0 aliphatic rings. The van der Waals surface area contributed by atoms with Gasteiger partial charge in [-0.2, -0.15) is 0 Å². The molecule has 82 valence electrons. The summed E-state index contributed by atoms with van der Waals surface area (Å²) < 4.78 is 6.38. The van der Waals surface area contributed by atoms with E-state index in [1.165, 1.54) is 0 Å². The molecular formula is C10H12BrClN2O. The normalized spacial score (nSPS) is 10.0. The summed E-state index contributed by atoms with van der Waals surface area (Å²) in [6.45, 7) is 0.510. The molecule has 0 aliphatic carbocycles. The molecule has 0 bridgehead atoms. The van der Waals surface area contributed by atoms with Crippen LogP contribution in [0.25, 0.3) is 0 Å². The Kier molecular flexibility index (Phi) is 4.91. The first kappa shape index (κ1) is 12.3. The summed E-state index contributed by atoms with van der Waals surface area (Å²) in [6, 6.07) is 5.44. The Morgan fingerprint density at radius 2 is 2.27 bits per heavy atom. The summed E-state index contributed by atoms with van der Waals surface area (Å²) in [7, 11) is 0.